The first-order chi connectivity index (χ1) is 13.5. The van der Waals surface area contributed by atoms with Gasteiger partial charge in [0.1, 0.15) is 0 Å². The number of nitrogens with one attached hydrogen (secondary N) is 1. The molecule has 5 heteroatoms. The Balaban J connectivity index is 1.38. The maximum atomic E-state index is 12.1. The average molecular weight is 396 g/mol. The summed E-state index contributed by atoms with van der Waals surface area (Å²) in [5, 5.41) is 5.18. The van der Waals surface area contributed by atoms with Gasteiger partial charge in [0.05, 0.1) is 11.5 Å². The number of carbonyl (C=O) groups is 1. The quantitative estimate of drug-likeness (QED) is 0.559. The second-order valence-electron chi connectivity index (χ2n) is 6.96. The molecule has 3 aromatic rings. The average Bonchev–Trinajstić information content (AvgIpc) is 2.70. The Morgan fingerprint density at radius 2 is 1.54 bits per heavy atom. The molecule has 0 aliphatic carbocycles. The van der Waals surface area contributed by atoms with Crippen LogP contribution in [0.5, 0.6) is 0 Å². The second kappa shape index (κ2) is 9.51. The number of amides is 1. The third-order valence-electron chi connectivity index (χ3n) is 4.64. The van der Waals surface area contributed by atoms with Crippen LogP contribution in [0.1, 0.15) is 24.0 Å². The molecule has 0 radical (unpaired) electrons. The molecule has 0 aliphatic rings. The zero-order chi connectivity index (χ0) is 19.8. The first kappa shape index (κ1) is 20.1. The van der Waals surface area contributed by atoms with Crippen LogP contribution in [0.2, 0.25) is 0 Å². The van der Waals surface area contributed by atoms with Gasteiger partial charge in [-0.15, -0.1) is 0 Å². The van der Waals surface area contributed by atoms with Gasteiger partial charge >= 0.3 is 0 Å². The van der Waals surface area contributed by atoms with Gasteiger partial charge in [0, 0.05) is 13.0 Å². The minimum Gasteiger partial charge on any atom is -0.356 e. The molecule has 0 fully saturated rings. The van der Waals surface area contributed by atoms with Crippen molar-refractivity contribution < 1.29 is 13.2 Å². The second-order valence-corrected chi connectivity index (χ2v) is 9.15. The number of sulfone groups is 1. The number of benzene rings is 3. The molecule has 0 unspecified atom stereocenters. The lowest BCUT2D eigenvalue weighted by Crippen LogP contribution is -2.26. The van der Waals surface area contributed by atoms with E-state index in [1.54, 1.807) is 0 Å². The van der Waals surface area contributed by atoms with Gasteiger partial charge in [-0.05, 0) is 34.7 Å². The fraction of sp³-hybridized carbons (Fsp3) is 0.261. The summed E-state index contributed by atoms with van der Waals surface area (Å²) < 4.78 is 24.3. The van der Waals surface area contributed by atoms with E-state index in [0.29, 0.717) is 25.8 Å². The van der Waals surface area contributed by atoms with Crippen molar-refractivity contribution in [1.29, 1.82) is 0 Å². The van der Waals surface area contributed by atoms with Crippen LogP contribution < -0.4 is 5.32 Å². The number of rotatable bonds is 9. The molecule has 0 saturated heterocycles. The molecule has 4 nitrogen and oxygen atoms in total. The molecule has 1 amide bonds. The van der Waals surface area contributed by atoms with Gasteiger partial charge in [0.25, 0.3) is 0 Å². The Morgan fingerprint density at radius 1 is 0.821 bits per heavy atom. The minimum absolute atomic E-state index is 0.0454. The molecule has 0 aromatic heterocycles. The SMILES string of the molecule is O=C(CCc1ccc2ccccc2c1)NCCCS(=O)(=O)Cc1ccccc1. The number of hydrogen-bond donors (Lipinski definition) is 1. The van der Waals surface area contributed by atoms with E-state index in [2.05, 4.69) is 29.6 Å². The van der Waals surface area contributed by atoms with E-state index in [0.717, 1.165) is 11.1 Å². The summed E-state index contributed by atoms with van der Waals surface area (Å²) in [5.41, 5.74) is 1.92. The molecule has 1 N–H and O–H groups in total. The van der Waals surface area contributed by atoms with Crippen molar-refractivity contribution in [1.82, 2.24) is 5.32 Å². The molecule has 0 spiro atoms. The van der Waals surface area contributed by atoms with Gasteiger partial charge in [-0.3, -0.25) is 4.79 Å². The van der Waals surface area contributed by atoms with Crippen LogP contribution in [0.3, 0.4) is 0 Å². The van der Waals surface area contributed by atoms with Crippen molar-refractivity contribution in [2.24, 2.45) is 0 Å². The monoisotopic (exact) mass is 395 g/mol. The highest BCUT2D eigenvalue weighted by Gasteiger charge is 2.12. The van der Waals surface area contributed by atoms with E-state index in [1.165, 1.54) is 10.8 Å². The van der Waals surface area contributed by atoms with E-state index < -0.39 is 9.84 Å². The lowest BCUT2D eigenvalue weighted by molar-refractivity contribution is -0.121. The van der Waals surface area contributed by atoms with Gasteiger partial charge < -0.3 is 5.32 Å². The van der Waals surface area contributed by atoms with Gasteiger partial charge in [0.2, 0.25) is 5.91 Å². The maximum absolute atomic E-state index is 12.1. The van der Waals surface area contributed by atoms with Gasteiger partial charge in [-0.1, -0.05) is 72.8 Å². The van der Waals surface area contributed by atoms with Crippen LogP contribution in [0.25, 0.3) is 10.8 Å². The predicted molar refractivity (Wildman–Crippen MR) is 114 cm³/mol. The summed E-state index contributed by atoms with van der Waals surface area (Å²) in [6.45, 7) is 0.380. The smallest absolute Gasteiger partial charge is 0.220 e. The van der Waals surface area contributed by atoms with Crippen LogP contribution in [0.15, 0.2) is 72.8 Å². The number of fused-ring (bicyclic) bond motifs is 1. The van der Waals surface area contributed by atoms with Crippen molar-refractivity contribution in [3.63, 3.8) is 0 Å². The van der Waals surface area contributed by atoms with Crippen molar-refractivity contribution in [2.45, 2.75) is 25.0 Å². The summed E-state index contributed by atoms with van der Waals surface area (Å²) in [5.74, 6) is 0.0740. The zero-order valence-corrected chi connectivity index (χ0v) is 16.6. The Kier molecular flexibility index (Phi) is 6.82. The lowest BCUT2D eigenvalue weighted by Gasteiger charge is -2.07. The fourth-order valence-corrected chi connectivity index (χ4v) is 4.59. The van der Waals surface area contributed by atoms with E-state index in [9.17, 15) is 13.2 Å². The summed E-state index contributed by atoms with van der Waals surface area (Å²) >= 11 is 0. The summed E-state index contributed by atoms with van der Waals surface area (Å²) in [4.78, 5) is 12.0. The molecule has 0 heterocycles. The van der Waals surface area contributed by atoms with Gasteiger partial charge in [0.15, 0.2) is 9.84 Å². The Labute approximate surface area is 166 Å². The fourth-order valence-electron chi connectivity index (χ4n) is 3.16. The highest BCUT2D eigenvalue weighted by Crippen LogP contribution is 2.16. The highest BCUT2D eigenvalue weighted by atomic mass is 32.2. The normalized spacial score (nSPS) is 11.4. The molecular formula is C23H25NO3S. The van der Waals surface area contributed by atoms with Crippen molar-refractivity contribution in [3.05, 3.63) is 83.9 Å². The number of hydrogen-bond acceptors (Lipinski definition) is 3. The Morgan fingerprint density at radius 3 is 2.32 bits per heavy atom. The van der Waals surface area contributed by atoms with E-state index >= 15 is 0 Å². The zero-order valence-electron chi connectivity index (χ0n) is 15.8. The standard InChI is InChI=1S/C23H25NO3S/c25-23(14-12-19-11-13-21-9-4-5-10-22(21)17-19)24-15-6-16-28(26,27)18-20-7-2-1-3-8-20/h1-5,7-11,13,17H,6,12,14-16,18H2,(H,24,25). The van der Waals surface area contributed by atoms with Crippen molar-refractivity contribution >= 4 is 26.5 Å². The van der Waals surface area contributed by atoms with Crippen LogP contribution in [0.4, 0.5) is 0 Å². The molecule has 3 aromatic carbocycles. The highest BCUT2D eigenvalue weighted by molar-refractivity contribution is 7.90. The van der Waals surface area contributed by atoms with E-state index in [4.69, 9.17) is 0 Å². The largest absolute Gasteiger partial charge is 0.356 e. The van der Waals surface area contributed by atoms with Gasteiger partial charge in [-0.2, -0.15) is 0 Å². The van der Waals surface area contributed by atoms with Crippen LogP contribution in [-0.2, 0) is 26.8 Å². The molecule has 146 valence electrons. The number of carbonyl (C=O) groups excluding carboxylic acids is 1. The van der Waals surface area contributed by atoms with Crippen LogP contribution in [-0.4, -0.2) is 26.6 Å². The molecule has 3 rings (SSSR count). The van der Waals surface area contributed by atoms with Crippen LogP contribution in [0, 0.1) is 0 Å². The molecule has 0 saturated carbocycles. The molecule has 0 bridgehead atoms. The summed E-state index contributed by atoms with van der Waals surface area (Å²) in [6.07, 6.45) is 1.50. The van der Waals surface area contributed by atoms with Crippen LogP contribution >= 0.6 is 0 Å². The minimum atomic E-state index is -3.16. The predicted octanol–water partition coefficient (Wildman–Crippen LogP) is 3.89. The molecule has 0 aliphatic heterocycles. The molecule has 28 heavy (non-hydrogen) atoms. The first-order valence-electron chi connectivity index (χ1n) is 9.51. The third-order valence-corrected chi connectivity index (χ3v) is 6.32. The van der Waals surface area contributed by atoms with E-state index in [-0.39, 0.29) is 17.4 Å². The lowest BCUT2D eigenvalue weighted by atomic mass is 10.0. The third kappa shape index (κ3) is 6.20. The van der Waals surface area contributed by atoms with Crippen molar-refractivity contribution in [3.8, 4) is 0 Å². The van der Waals surface area contributed by atoms with Crippen molar-refractivity contribution in [2.75, 3.05) is 12.3 Å². The Hall–Kier alpha value is -2.66. The first-order valence-corrected chi connectivity index (χ1v) is 11.3. The molecular weight excluding hydrogens is 370 g/mol. The summed E-state index contributed by atoms with van der Waals surface area (Å²) in [6, 6.07) is 23.5. The van der Waals surface area contributed by atoms with E-state index in [1.807, 2.05) is 48.5 Å². The Bertz CT molecular complexity index is 1030. The number of aryl methyl sites for hydroxylation is 1. The topological polar surface area (TPSA) is 63.2 Å². The van der Waals surface area contributed by atoms with Gasteiger partial charge in [-0.25, -0.2) is 8.42 Å². The molecule has 0 atom stereocenters. The maximum Gasteiger partial charge on any atom is 0.220 e. The summed E-state index contributed by atoms with van der Waals surface area (Å²) in [7, 11) is -3.16.